The lowest BCUT2D eigenvalue weighted by atomic mass is 9.66. The number of methoxy groups -OCH3 is 1. The van der Waals surface area contributed by atoms with Gasteiger partial charge in [-0.15, -0.1) is 0 Å². The molecule has 0 atom stereocenters. The molecule has 0 aromatic carbocycles. The average Bonchev–Trinajstić information content (AvgIpc) is 2.17. The molecule has 0 N–H and O–H groups in total. The fourth-order valence-electron chi connectivity index (χ4n) is 2.26. The molecule has 0 aromatic heterocycles. The van der Waals surface area contributed by atoms with Gasteiger partial charge < -0.3 is 4.74 Å². The molecule has 1 fully saturated rings. The lowest BCUT2D eigenvalue weighted by Gasteiger charge is -2.39. The Hall–Kier alpha value is -0.530. The minimum Gasteiger partial charge on any atom is -0.469 e. The molecule has 0 spiro atoms. The quantitative estimate of drug-likeness (QED) is 0.637. The van der Waals surface area contributed by atoms with Crippen LogP contribution in [0.4, 0.5) is 0 Å². The Morgan fingerprint density at radius 3 is 2.21 bits per heavy atom. The molecule has 0 amide bonds. The molecule has 1 aliphatic carbocycles. The van der Waals surface area contributed by atoms with Crippen molar-refractivity contribution in [3.8, 4) is 0 Å². The zero-order valence-electron chi connectivity index (χ0n) is 9.80. The van der Waals surface area contributed by atoms with Crippen LogP contribution in [-0.4, -0.2) is 13.1 Å². The van der Waals surface area contributed by atoms with Crippen LogP contribution in [0.1, 0.15) is 46.5 Å². The highest BCUT2D eigenvalue weighted by Gasteiger charge is 2.36. The van der Waals surface area contributed by atoms with Crippen LogP contribution in [-0.2, 0) is 9.53 Å². The van der Waals surface area contributed by atoms with E-state index < -0.39 is 0 Å². The van der Waals surface area contributed by atoms with E-state index in [1.54, 1.807) is 0 Å². The Balaban J connectivity index is 2.49. The third-order valence-electron chi connectivity index (χ3n) is 4.06. The van der Waals surface area contributed by atoms with Crippen LogP contribution in [0.25, 0.3) is 0 Å². The summed E-state index contributed by atoms with van der Waals surface area (Å²) < 4.78 is 4.78. The number of esters is 1. The molecule has 1 saturated carbocycles. The highest BCUT2D eigenvalue weighted by Crippen LogP contribution is 2.44. The van der Waals surface area contributed by atoms with Gasteiger partial charge in [-0.3, -0.25) is 4.79 Å². The first kappa shape index (κ1) is 11.5. The van der Waals surface area contributed by atoms with Gasteiger partial charge in [0, 0.05) is 0 Å². The molecular formula is C12H22O2. The van der Waals surface area contributed by atoms with Crippen LogP contribution >= 0.6 is 0 Å². The van der Waals surface area contributed by atoms with E-state index in [-0.39, 0.29) is 11.9 Å². The maximum atomic E-state index is 11.3. The molecule has 2 nitrogen and oxygen atoms in total. The van der Waals surface area contributed by atoms with Gasteiger partial charge in [0.15, 0.2) is 0 Å². The van der Waals surface area contributed by atoms with Crippen molar-refractivity contribution in [2.75, 3.05) is 7.11 Å². The van der Waals surface area contributed by atoms with Gasteiger partial charge in [0.25, 0.3) is 0 Å². The molecule has 0 saturated heterocycles. The fourth-order valence-corrected chi connectivity index (χ4v) is 2.26. The van der Waals surface area contributed by atoms with Crippen LogP contribution in [0.3, 0.4) is 0 Å². The first-order chi connectivity index (χ1) is 6.49. The van der Waals surface area contributed by atoms with E-state index in [1.165, 1.54) is 7.11 Å². The molecule has 14 heavy (non-hydrogen) atoms. The number of hydrogen-bond acceptors (Lipinski definition) is 2. The number of carbonyl (C=O) groups is 1. The summed E-state index contributed by atoms with van der Waals surface area (Å²) in [5.41, 5.74) is 0.435. The van der Waals surface area contributed by atoms with Crippen LogP contribution < -0.4 is 0 Å². The molecular weight excluding hydrogens is 176 g/mol. The molecule has 0 bridgehead atoms. The normalized spacial score (nSPS) is 33.1. The second-order valence-corrected chi connectivity index (χ2v) is 5.11. The van der Waals surface area contributed by atoms with E-state index in [1.807, 2.05) is 0 Å². The zero-order chi connectivity index (χ0) is 10.8. The zero-order valence-corrected chi connectivity index (χ0v) is 9.80. The molecule has 1 rings (SSSR count). The Kier molecular flexibility index (Phi) is 3.57. The minimum atomic E-state index is -0.0178. The molecule has 0 heterocycles. The summed E-state index contributed by atoms with van der Waals surface area (Å²) in [5.74, 6) is 0.851. The summed E-state index contributed by atoms with van der Waals surface area (Å²) in [6.45, 7) is 6.89. The van der Waals surface area contributed by atoms with Crippen molar-refractivity contribution in [1.82, 2.24) is 0 Å². The number of rotatable bonds is 2. The standard InChI is InChI=1S/C12H22O2/c1-9(2)12(3)7-5-10(6-8-12)11(13)14-4/h9-10H,5-8H2,1-4H3. The highest BCUT2D eigenvalue weighted by molar-refractivity contribution is 5.72. The number of carbonyl (C=O) groups excluding carboxylic acids is 1. The van der Waals surface area contributed by atoms with Crippen LogP contribution in [0.15, 0.2) is 0 Å². The van der Waals surface area contributed by atoms with Gasteiger partial charge in [0.05, 0.1) is 13.0 Å². The minimum absolute atomic E-state index is 0.0178. The largest absolute Gasteiger partial charge is 0.469 e. The van der Waals surface area contributed by atoms with Crippen molar-refractivity contribution in [3.05, 3.63) is 0 Å². The first-order valence-corrected chi connectivity index (χ1v) is 5.57. The lowest BCUT2D eigenvalue weighted by Crippen LogP contribution is -2.32. The SMILES string of the molecule is COC(=O)C1CCC(C)(C(C)C)CC1. The van der Waals surface area contributed by atoms with Crippen LogP contribution in [0.5, 0.6) is 0 Å². The van der Waals surface area contributed by atoms with E-state index in [2.05, 4.69) is 20.8 Å². The maximum absolute atomic E-state index is 11.3. The van der Waals surface area contributed by atoms with Gasteiger partial charge in [-0.1, -0.05) is 20.8 Å². The summed E-state index contributed by atoms with van der Waals surface area (Å²) in [7, 11) is 1.48. The van der Waals surface area contributed by atoms with Crippen LogP contribution in [0.2, 0.25) is 0 Å². The van der Waals surface area contributed by atoms with Crippen molar-refractivity contribution >= 4 is 5.97 Å². The van der Waals surface area contributed by atoms with E-state index in [0.717, 1.165) is 25.7 Å². The van der Waals surface area contributed by atoms with Gasteiger partial charge in [0.2, 0.25) is 0 Å². The summed E-state index contributed by atoms with van der Waals surface area (Å²) in [6.07, 6.45) is 4.32. The highest BCUT2D eigenvalue weighted by atomic mass is 16.5. The van der Waals surface area contributed by atoms with E-state index in [0.29, 0.717) is 11.3 Å². The van der Waals surface area contributed by atoms with Crippen molar-refractivity contribution in [3.63, 3.8) is 0 Å². The third-order valence-corrected chi connectivity index (χ3v) is 4.06. The predicted molar refractivity (Wildman–Crippen MR) is 56.9 cm³/mol. The van der Waals surface area contributed by atoms with E-state index in [9.17, 15) is 4.79 Å². The number of ether oxygens (including phenoxy) is 1. The first-order valence-electron chi connectivity index (χ1n) is 5.57. The van der Waals surface area contributed by atoms with Gasteiger partial charge in [-0.25, -0.2) is 0 Å². The molecule has 0 aromatic rings. The summed E-state index contributed by atoms with van der Waals surface area (Å²) in [5, 5.41) is 0. The summed E-state index contributed by atoms with van der Waals surface area (Å²) >= 11 is 0. The lowest BCUT2D eigenvalue weighted by molar-refractivity contribution is -0.147. The Morgan fingerprint density at radius 1 is 1.36 bits per heavy atom. The molecule has 0 unspecified atom stereocenters. The van der Waals surface area contributed by atoms with Crippen molar-refractivity contribution in [2.45, 2.75) is 46.5 Å². The number of hydrogen-bond donors (Lipinski definition) is 0. The van der Waals surface area contributed by atoms with E-state index in [4.69, 9.17) is 4.74 Å². The Labute approximate surface area is 87.0 Å². The molecule has 0 radical (unpaired) electrons. The van der Waals surface area contributed by atoms with Crippen molar-refractivity contribution in [1.29, 1.82) is 0 Å². The van der Waals surface area contributed by atoms with Crippen molar-refractivity contribution in [2.24, 2.45) is 17.3 Å². The van der Waals surface area contributed by atoms with Gasteiger partial charge in [0.1, 0.15) is 0 Å². The molecule has 82 valence electrons. The fraction of sp³-hybridized carbons (Fsp3) is 0.917. The topological polar surface area (TPSA) is 26.3 Å². The molecule has 0 aliphatic heterocycles. The van der Waals surface area contributed by atoms with Gasteiger partial charge >= 0.3 is 5.97 Å². The maximum Gasteiger partial charge on any atom is 0.308 e. The average molecular weight is 198 g/mol. The molecule has 1 aliphatic rings. The summed E-state index contributed by atoms with van der Waals surface area (Å²) in [6, 6.07) is 0. The second kappa shape index (κ2) is 4.33. The van der Waals surface area contributed by atoms with Crippen molar-refractivity contribution < 1.29 is 9.53 Å². The third kappa shape index (κ3) is 2.28. The van der Waals surface area contributed by atoms with Gasteiger partial charge in [-0.2, -0.15) is 0 Å². The Morgan fingerprint density at radius 2 is 1.86 bits per heavy atom. The Bertz CT molecular complexity index is 200. The predicted octanol–water partition coefficient (Wildman–Crippen LogP) is 3.01. The van der Waals surface area contributed by atoms with E-state index >= 15 is 0 Å². The van der Waals surface area contributed by atoms with Gasteiger partial charge in [-0.05, 0) is 37.0 Å². The smallest absolute Gasteiger partial charge is 0.308 e. The van der Waals surface area contributed by atoms with Crippen LogP contribution in [0, 0.1) is 17.3 Å². The summed E-state index contributed by atoms with van der Waals surface area (Å²) in [4.78, 5) is 11.3. The second-order valence-electron chi connectivity index (χ2n) is 5.11. The monoisotopic (exact) mass is 198 g/mol. The molecule has 2 heteroatoms.